The molecule has 0 bridgehead atoms. The largest absolute Gasteiger partial charge is 0.497 e. The molecule has 1 aliphatic heterocycles. The molecule has 7 rings (SSSR count). The number of esters is 1. The topological polar surface area (TPSA) is 114 Å². The number of fused-ring (bicyclic) bond motifs is 1. The minimum atomic E-state index is -1.16. The number of carbonyl (C=O) groups excluding carboxylic acids is 2. The molecule has 11 heteroatoms. The van der Waals surface area contributed by atoms with Crippen molar-refractivity contribution in [3.8, 4) is 34.3 Å². The predicted molar refractivity (Wildman–Crippen MR) is 210 cm³/mol. The summed E-state index contributed by atoms with van der Waals surface area (Å²) in [5.74, 6) is 1.36. The molecule has 2 aliphatic rings. The summed E-state index contributed by atoms with van der Waals surface area (Å²) in [5, 5.41) is 11.3. The third kappa shape index (κ3) is 7.82. The van der Waals surface area contributed by atoms with Crippen LogP contribution in [0.1, 0.15) is 59.3 Å². The maximum atomic E-state index is 14.5. The molecule has 1 aromatic heterocycles. The number of benzene rings is 4. The number of hydrogen-bond acceptors (Lipinski definition) is 9. The lowest BCUT2D eigenvalue weighted by Gasteiger charge is -2.30. The number of rotatable bonds is 12. The Morgan fingerprint density at radius 1 is 0.836 bits per heavy atom. The van der Waals surface area contributed by atoms with Crippen LogP contribution in [0.3, 0.4) is 0 Å². The summed E-state index contributed by atoms with van der Waals surface area (Å²) < 4.78 is 29.5. The number of amides is 1. The highest BCUT2D eigenvalue weighted by atomic mass is 16.5. The van der Waals surface area contributed by atoms with Crippen LogP contribution in [0.4, 0.5) is 0 Å². The number of hydrazone groups is 1. The molecule has 0 N–H and O–H groups in total. The van der Waals surface area contributed by atoms with Gasteiger partial charge in [-0.1, -0.05) is 54.6 Å². The molecule has 1 saturated carbocycles. The van der Waals surface area contributed by atoms with Crippen molar-refractivity contribution in [3.63, 3.8) is 0 Å². The zero-order valence-electron chi connectivity index (χ0n) is 31.6. The lowest BCUT2D eigenvalue weighted by Crippen LogP contribution is -2.39. The monoisotopic (exact) mass is 740 g/mol. The molecule has 1 aliphatic carbocycles. The van der Waals surface area contributed by atoms with Gasteiger partial charge in [0.05, 0.1) is 46.7 Å². The maximum Gasteiger partial charge on any atom is 0.342 e. The van der Waals surface area contributed by atoms with Gasteiger partial charge in [-0.2, -0.15) is 10.2 Å². The van der Waals surface area contributed by atoms with Crippen molar-refractivity contribution in [3.05, 3.63) is 131 Å². The number of hydrogen-bond donors (Lipinski definition) is 0. The standard InChI is InChI=1S/C44H44N4O7/c1-28(55-44(50)37-27-47(26-30-10-7-6-8-11-30)45-41(37)33-18-23-38(53-4)39(25-33)54-5)43(49)48-42(31-16-21-35(52-3)22-17-31)36-13-9-12-32(40(36)46-48)24-29-14-19-34(51-2)20-15-29/h6-8,10-11,14-25,27-28,36,42H,9,12-13,26H2,1-5H3/b32-24+. The van der Waals surface area contributed by atoms with Crippen LogP contribution in [-0.2, 0) is 16.1 Å². The summed E-state index contributed by atoms with van der Waals surface area (Å²) in [6, 6.07) is 30.3. The fourth-order valence-electron chi connectivity index (χ4n) is 7.30. The minimum absolute atomic E-state index is 0.0497. The lowest BCUT2D eigenvalue weighted by atomic mass is 9.77. The van der Waals surface area contributed by atoms with E-state index in [9.17, 15) is 9.59 Å². The van der Waals surface area contributed by atoms with Crippen molar-refractivity contribution >= 4 is 23.7 Å². The van der Waals surface area contributed by atoms with Gasteiger partial charge in [0.2, 0.25) is 0 Å². The van der Waals surface area contributed by atoms with Crippen molar-refractivity contribution in [1.82, 2.24) is 14.8 Å². The van der Waals surface area contributed by atoms with Crippen molar-refractivity contribution < 1.29 is 33.3 Å². The average Bonchev–Trinajstić information content (AvgIpc) is 3.84. The van der Waals surface area contributed by atoms with Gasteiger partial charge in [0.15, 0.2) is 17.6 Å². The molecule has 5 aromatic rings. The van der Waals surface area contributed by atoms with E-state index in [2.05, 4.69) is 6.08 Å². The number of aromatic nitrogens is 2. The Bertz CT molecular complexity index is 2210. The first kappa shape index (κ1) is 37.0. The summed E-state index contributed by atoms with van der Waals surface area (Å²) in [7, 11) is 6.38. The lowest BCUT2D eigenvalue weighted by molar-refractivity contribution is -0.142. The molecule has 0 saturated heterocycles. The van der Waals surface area contributed by atoms with Gasteiger partial charge in [0.1, 0.15) is 22.8 Å². The minimum Gasteiger partial charge on any atom is -0.497 e. The van der Waals surface area contributed by atoms with Crippen LogP contribution in [0.2, 0.25) is 0 Å². The molecule has 3 unspecified atom stereocenters. The van der Waals surface area contributed by atoms with E-state index in [4.69, 9.17) is 33.9 Å². The molecule has 11 nitrogen and oxygen atoms in total. The highest BCUT2D eigenvalue weighted by molar-refractivity contribution is 6.08. The van der Waals surface area contributed by atoms with Crippen LogP contribution < -0.4 is 18.9 Å². The van der Waals surface area contributed by atoms with Gasteiger partial charge in [-0.05, 0) is 97.0 Å². The van der Waals surface area contributed by atoms with E-state index in [1.807, 2.05) is 78.9 Å². The van der Waals surface area contributed by atoms with Crippen LogP contribution >= 0.6 is 0 Å². The van der Waals surface area contributed by atoms with E-state index in [0.29, 0.717) is 35.1 Å². The molecule has 1 fully saturated rings. The van der Waals surface area contributed by atoms with Gasteiger partial charge < -0.3 is 23.7 Å². The van der Waals surface area contributed by atoms with Gasteiger partial charge in [-0.3, -0.25) is 9.48 Å². The highest BCUT2D eigenvalue weighted by Crippen LogP contribution is 2.45. The summed E-state index contributed by atoms with van der Waals surface area (Å²) in [5.41, 5.74) is 6.11. The first-order valence-electron chi connectivity index (χ1n) is 18.3. The quantitative estimate of drug-likeness (QED) is 0.118. The van der Waals surface area contributed by atoms with E-state index in [-0.39, 0.29) is 11.5 Å². The molecule has 55 heavy (non-hydrogen) atoms. The van der Waals surface area contributed by atoms with E-state index in [1.54, 1.807) is 64.4 Å². The van der Waals surface area contributed by atoms with Crippen LogP contribution in [0.25, 0.3) is 17.3 Å². The predicted octanol–water partition coefficient (Wildman–Crippen LogP) is 8.00. The molecule has 282 valence electrons. The van der Waals surface area contributed by atoms with Crippen LogP contribution in [0.5, 0.6) is 23.0 Å². The molecule has 2 heterocycles. The second-order valence-electron chi connectivity index (χ2n) is 13.5. The van der Waals surface area contributed by atoms with Gasteiger partial charge in [0, 0.05) is 17.7 Å². The third-order valence-electron chi connectivity index (χ3n) is 10.1. The molecule has 4 aromatic carbocycles. The Balaban J connectivity index is 1.20. The first-order chi connectivity index (χ1) is 26.8. The van der Waals surface area contributed by atoms with Crippen LogP contribution in [-0.4, -0.2) is 66.9 Å². The number of methoxy groups -OCH3 is 4. The second-order valence-corrected chi connectivity index (χ2v) is 13.5. The number of nitrogens with zero attached hydrogens (tertiary/aromatic N) is 4. The Morgan fingerprint density at radius 3 is 2.20 bits per heavy atom. The van der Waals surface area contributed by atoms with Crippen molar-refractivity contribution in [1.29, 1.82) is 0 Å². The third-order valence-corrected chi connectivity index (χ3v) is 10.1. The summed E-state index contributed by atoms with van der Waals surface area (Å²) in [4.78, 5) is 28.6. The Kier molecular flexibility index (Phi) is 11.0. The van der Waals surface area contributed by atoms with Crippen LogP contribution in [0, 0.1) is 5.92 Å². The molecule has 0 spiro atoms. The van der Waals surface area contributed by atoms with Crippen molar-refractivity contribution in [2.75, 3.05) is 28.4 Å². The fourth-order valence-corrected chi connectivity index (χ4v) is 7.30. The SMILES string of the molecule is COc1ccc(/C=C2\CCCC3C2=NN(C(=O)C(C)OC(=O)c2cn(Cc4ccccc4)nc2-c2ccc(OC)c(OC)c2)C3c2ccc(OC)cc2)cc1. The number of allylic oxidation sites excluding steroid dienone is 1. The molecular weight excluding hydrogens is 697 g/mol. The summed E-state index contributed by atoms with van der Waals surface area (Å²) >= 11 is 0. The normalized spacial score (nSPS) is 17.6. The highest BCUT2D eigenvalue weighted by Gasteiger charge is 2.45. The van der Waals surface area contributed by atoms with Gasteiger partial charge >= 0.3 is 5.97 Å². The smallest absolute Gasteiger partial charge is 0.342 e. The van der Waals surface area contributed by atoms with E-state index >= 15 is 0 Å². The van der Waals surface area contributed by atoms with Gasteiger partial charge in [0.25, 0.3) is 5.91 Å². The summed E-state index contributed by atoms with van der Waals surface area (Å²) in [6.07, 6.45) is 5.24. The van der Waals surface area contributed by atoms with Crippen LogP contribution in [0.15, 0.2) is 114 Å². The first-order valence-corrected chi connectivity index (χ1v) is 18.3. The Labute approximate surface area is 320 Å². The van der Waals surface area contributed by atoms with Crippen molar-refractivity contribution in [2.24, 2.45) is 11.0 Å². The van der Waals surface area contributed by atoms with Gasteiger partial charge in [-0.15, -0.1) is 0 Å². The van der Waals surface area contributed by atoms with E-state index in [0.717, 1.165) is 53.0 Å². The average molecular weight is 741 g/mol. The number of carbonyl (C=O) groups is 2. The molecule has 3 atom stereocenters. The molecule has 1 amide bonds. The van der Waals surface area contributed by atoms with E-state index < -0.39 is 24.0 Å². The zero-order chi connectivity index (χ0) is 38.5. The second kappa shape index (κ2) is 16.3. The van der Waals surface area contributed by atoms with E-state index in [1.165, 1.54) is 5.01 Å². The zero-order valence-corrected chi connectivity index (χ0v) is 31.6. The Morgan fingerprint density at radius 2 is 1.53 bits per heavy atom. The fraction of sp³-hybridized carbons (Fsp3) is 0.273. The molecule has 0 radical (unpaired) electrons. The van der Waals surface area contributed by atoms with Crippen molar-refractivity contribution in [2.45, 2.75) is 44.9 Å². The molecular formula is C44H44N4O7. The summed E-state index contributed by atoms with van der Waals surface area (Å²) in [6.45, 7) is 2.01. The Hall–Kier alpha value is -6.36. The maximum absolute atomic E-state index is 14.5. The number of ether oxygens (including phenoxy) is 5. The van der Waals surface area contributed by atoms with Gasteiger partial charge in [-0.25, -0.2) is 9.80 Å².